The SMILES string of the molecule is C=CCn1c(=O)c(CCC(=O)Nc2ccc(C)cc2)nc2cc(C(F)(F)F)ccc21. The molecular weight excluding hydrogens is 395 g/mol. The summed E-state index contributed by atoms with van der Waals surface area (Å²) in [6.07, 6.45) is -3.08. The van der Waals surface area contributed by atoms with Crippen molar-refractivity contribution in [1.82, 2.24) is 9.55 Å². The lowest BCUT2D eigenvalue weighted by molar-refractivity contribution is -0.137. The van der Waals surface area contributed by atoms with Gasteiger partial charge in [0.1, 0.15) is 5.69 Å². The van der Waals surface area contributed by atoms with Crippen LogP contribution in [-0.4, -0.2) is 15.5 Å². The normalized spacial score (nSPS) is 11.5. The summed E-state index contributed by atoms with van der Waals surface area (Å²) in [6.45, 7) is 5.64. The molecule has 2 aromatic carbocycles. The van der Waals surface area contributed by atoms with Gasteiger partial charge in [-0.05, 0) is 37.3 Å². The molecule has 30 heavy (non-hydrogen) atoms. The Hall–Kier alpha value is -3.42. The van der Waals surface area contributed by atoms with E-state index in [4.69, 9.17) is 0 Å². The highest BCUT2D eigenvalue weighted by atomic mass is 19.4. The number of carbonyl (C=O) groups excluding carboxylic acids is 1. The zero-order valence-electron chi connectivity index (χ0n) is 16.3. The van der Waals surface area contributed by atoms with E-state index in [1.165, 1.54) is 16.7 Å². The summed E-state index contributed by atoms with van der Waals surface area (Å²) in [6, 6.07) is 10.3. The van der Waals surface area contributed by atoms with Crippen molar-refractivity contribution >= 4 is 22.6 Å². The van der Waals surface area contributed by atoms with Gasteiger partial charge >= 0.3 is 6.18 Å². The molecule has 156 valence electrons. The highest BCUT2D eigenvalue weighted by molar-refractivity contribution is 5.90. The molecular formula is C22H20F3N3O2. The number of aromatic nitrogens is 2. The van der Waals surface area contributed by atoms with Crippen LogP contribution in [0.5, 0.6) is 0 Å². The first kappa shape index (κ1) is 21.3. The number of alkyl halides is 3. The third-order valence-electron chi connectivity index (χ3n) is 4.58. The Morgan fingerprint density at radius 1 is 1.20 bits per heavy atom. The smallest absolute Gasteiger partial charge is 0.326 e. The maximum Gasteiger partial charge on any atom is 0.416 e. The summed E-state index contributed by atoms with van der Waals surface area (Å²) in [4.78, 5) is 29.1. The average Bonchev–Trinajstić information content (AvgIpc) is 2.69. The number of benzene rings is 2. The Kier molecular flexibility index (Phi) is 6.05. The Balaban J connectivity index is 1.89. The standard InChI is InChI=1S/C22H20F3N3O2/c1-3-12-28-19-10-6-15(22(23,24)25)13-18(19)27-17(21(28)30)9-11-20(29)26-16-7-4-14(2)5-8-16/h3-8,10,13H,1,9,11-12H2,2H3,(H,26,29). The number of nitrogens with zero attached hydrogens (tertiary/aromatic N) is 2. The Labute approximate surface area is 170 Å². The number of amides is 1. The topological polar surface area (TPSA) is 64.0 Å². The zero-order valence-corrected chi connectivity index (χ0v) is 16.3. The predicted octanol–water partition coefficient (Wildman–Crippen LogP) is 4.48. The number of hydrogen-bond donors (Lipinski definition) is 1. The molecule has 1 heterocycles. The van der Waals surface area contributed by atoms with E-state index in [0.29, 0.717) is 5.69 Å². The molecule has 0 atom stereocenters. The molecule has 5 nitrogen and oxygen atoms in total. The fourth-order valence-corrected chi connectivity index (χ4v) is 3.04. The van der Waals surface area contributed by atoms with Gasteiger partial charge in [0.05, 0.1) is 16.6 Å². The highest BCUT2D eigenvalue weighted by Gasteiger charge is 2.31. The van der Waals surface area contributed by atoms with Gasteiger partial charge < -0.3 is 9.88 Å². The predicted molar refractivity (Wildman–Crippen MR) is 109 cm³/mol. The van der Waals surface area contributed by atoms with Crippen molar-refractivity contribution < 1.29 is 18.0 Å². The molecule has 0 aliphatic heterocycles. The lowest BCUT2D eigenvalue weighted by Gasteiger charge is -2.13. The van der Waals surface area contributed by atoms with Gasteiger partial charge in [0, 0.05) is 25.1 Å². The van der Waals surface area contributed by atoms with Gasteiger partial charge in [0.15, 0.2) is 0 Å². The molecule has 8 heteroatoms. The summed E-state index contributed by atoms with van der Waals surface area (Å²) in [5, 5.41) is 2.72. The second-order valence-corrected chi connectivity index (χ2v) is 6.88. The zero-order chi connectivity index (χ0) is 21.9. The van der Waals surface area contributed by atoms with Crippen molar-refractivity contribution in [2.45, 2.75) is 32.5 Å². The lowest BCUT2D eigenvalue weighted by Crippen LogP contribution is -2.26. The van der Waals surface area contributed by atoms with E-state index in [0.717, 1.165) is 17.7 Å². The number of fused-ring (bicyclic) bond motifs is 1. The van der Waals surface area contributed by atoms with Crippen LogP contribution < -0.4 is 10.9 Å². The number of halogens is 3. The summed E-state index contributed by atoms with van der Waals surface area (Å²) in [7, 11) is 0. The van der Waals surface area contributed by atoms with E-state index in [-0.39, 0.29) is 42.0 Å². The molecule has 0 spiro atoms. The summed E-state index contributed by atoms with van der Waals surface area (Å²) in [5.41, 5.74) is 0.716. The molecule has 0 saturated carbocycles. The second-order valence-electron chi connectivity index (χ2n) is 6.88. The minimum Gasteiger partial charge on any atom is -0.326 e. The average molecular weight is 415 g/mol. The Bertz CT molecular complexity index is 1150. The molecule has 0 saturated heterocycles. The van der Waals surface area contributed by atoms with E-state index in [9.17, 15) is 22.8 Å². The fourth-order valence-electron chi connectivity index (χ4n) is 3.04. The van der Waals surface area contributed by atoms with Crippen molar-refractivity contribution in [2.24, 2.45) is 0 Å². The molecule has 3 rings (SSSR count). The van der Waals surface area contributed by atoms with Crippen LogP contribution in [0.1, 0.15) is 23.2 Å². The van der Waals surface area contributed by atoms with Gasteiger partial charge in [-0.25, -0.2) is 4.98 Å². The monoisotopic (exact) mass is 415 g/mol. The van der Waals surface area contributed by atoms with Gasteiger partial charge in [-0.3, -0.25) is 9.59 Å². The molecule has 0 aliphatic carbocycles. The number of allylic oxidation sites excluding steroid dienone is 1. The number of nitrogens with one attached hydrogen (secondary N) is 1. The van der Waals surface area contributed by atoms with Crippen LogP contribution in [-0.2, 0) is 23.9 Å². The van der Waals surface area contributed by atoms with Gasteiger partial charge in [-0.1, -0.05) is 23.8 Å². The first-order chi connectivity index (χ1) is 14.2. The van der Waals surface area contributed by atoms with Crippen molar-refractivity contribution in [3.8, 4) is 0 Å². The molecule has 1 aromatic heterocycles. The number of hydrogen-bond acceptors (Lipinski definition) is 3. The second kappa shape index (κ2) is 8.52. The maximum atomic E-state index is 13.1. The number of rotatable bonds is 6. The maximum absolute atomic E-state index is 13.1. The number of carbonyl (C=O) groups is 1. The van der Waals surface area contributed by atoms with Gasteiger partial charge in [0.2, 0.25) is 5.91 Å². The first-order valence-electron chi connectivity index (χ1n) is 9.27. The van der Waals surface area contributed by atoms with Gasteiger partial charge in [-0.2, -0.15) is 13.2 Å². The Morgan fingerprint density at radius 2 is 1.90 bits per heavy atom. The van der Waals surface area contributed by atoms with Crippen molar-refractivity contribution in [3.63, 3.8) is 0 Å². The number of anilines is 1. The van der Waals surface area contributed by atoms with Crippen LogP contribution in [0, 0.1) is 6.92 Å². The minimum absolute atomic E-state index is 0.000143. The van der Waals surface area contributed by atoms with Crippen LogP contribution in [0.2, 0.25) is 0 Å². The van der Waals surface area contributed by atoms with E-state index >= 15 is 0 Å². The van der Waals surface area contributed by atoms with Crippen molar-refractivity contribution in [1.29, 1.82) is 0 Å². The summed E-state index contributed by atoms with van der Waals surface area (Å²) in [5.74, 6) is -0.320. The van der Waals surface area contributed by atoms with Crippen LogP contribution >= 0.6 is 0 Å². The molecule has 0 radical (unpaired) electrons. The van der Waals surface area contributed by atoms with Crippen molar-refractivity contribution in [3.05, 3.63) is 82.3 Å². The van der Waals surface area contributed by atoms with Gasteiger partial charge in [0.25, 0.3) is 5.56 Å². The fraction of sp³-hybridized carbons (Fsp3) is 0.227. The lowest BCUT2D eigenvalue weighted by atomic mass is 10.1. The summed E-state index contributed by atoms with van der Waals surface area (Å²) < 4.78 is 40.5. The van der Waals surface area contributed by atoms with Crippen molar-refractivity contribution in [2.75, 3.05) is 5.32 Å². The molecule has 0 fully saturated rings. The largest absolute Gasteiger partial charge is 0.416 e. The van der Waals surface area contributed by atoms with E-state index in [1.807, 2.05) is 19.1 Å². The van der Waals surface area contributed by atoms with E-state index in [1.54, 1.807) is 12.1 Å². The third-order valence-corrected chi connectivity index (χ3v) is 4.58. The highest BCUT2D eigenvalue weighted by Crippen LogP contribution is 2.30. The summed E-state index contributed by atoms with van der Waals surface area (Å²) >= 11 is 0. The molecule has 3 aromatic rings. The number of aryl methyl sites for hydroxylation is 2. The molecule has 1 amide bonds. The van der Waals surface area contributed by atoms with Crippen LogP contribution in [0.15, 0.2) is 59.9 Å². The van der Waals surface area contributed by atoms with Crippen LogP contribution in [0.3, 0.4) is 0 Å². The third kappa shape index (κ3) is 4.76. The minimum atomic E-state index is -4.52. The first-order valence-corrected chi connectivity index (χ1v) is 9.27. The molecule has 0 bridgehead atoms. The molecule has 0 aliphatic rings. The van der Waals surface area contributed by atoms with E-state index in [2.05, 4.69) is 16.9 Å². The van der Waals surface area contributed by atoms with E-state index < -0.39 is 17.3 Å². The quantitative estimate of drug-likeness (QED) is 0.604. The Morgan fingerprint density at radius 3 is 2.53 bits per heavy atom. The molecule has 1 N–H and O–H groups in total. The van der Waals surface area contributed by atoms with Crippen LogP contribution in [0.25, 0.3) is 11.0 Å². The van der Waals surface area contributed by atoms with Crippen LogP contribution in [0.4, 0.5) is 18.9 Å². The molecule has 0 unspecified atom stereocenters. The van der Waals surface area contributed by atoms with Gasteiger partial charge in [-0.15, -0.1) is 6.58 Å².